The van der Waals surface area contributed by atoms with Gasteiger partial charge < -0.3 is 25.5 Å². The summed E-state index contributed by atoms with van der Waals surface area (Å²) in [6.07, 6.45) is 1.49. The lowest BCUT2D eigenvalue weighted by Crippen LogP contribution is -2.22. The van der Waals surface area contributed by atoms with E-state index in [0.29, 0.717) is 6.42 Å². The van der Waals surface area contributed by atoms with Gasteiger partial charge in [0.15, 0.2) is 5.78 Å². The van der Waals surface area contributed by atoms with Crippen LogP contribution < -0.4 is 0 Å². The average Bonchev–Trinajstić information content (AvgIpc) is 2.58. The van der Waals surface area contributed by atoms with E-state index in [9.17, 15) is 35.1 Å². The Morgan fingerprint density at radius 2 is 1.52 bits per heavy atom. The molecular weight excluding hydrogens is 352 g/mol. The minimum atomic E-state index is -1.21. The lowest BCUT2D eigenvalue weighted by atomic mass is 9.81. The molecule has 0 aliphatic heterocycles. The van der Waals surface area contributed by atoms with Crippen molar-refractivity contribution in [2.45, 2.75) is 38.7 Å². The summed E-state index contributed by atoms with van der Waals surface area (Å²) in [5.74, 6) is -3.71. The van der Waals surface area contributed by atoms with Gasteiger partial charge in [0.2, 0.25) is 5.78 Å². The number of aromatic hydroxyl groups is 4. The van der Waals surface area contributed by atoms with Crippen molar-refractivity contribution in [1.82, 2.24) is 0 Å². The van der Waals surface area contributed by atoms with Crippen LogP contribution in [0.5, 0.6) is 23.0 Å². The molecule has 0 bridgehead atoms. The Hall–Kier alpha value is -3.06. The van der Waals surface area contributed by atoms with Gasteiger partial charge >= 0.3 is 0 Å². The monoisotopic (exact) mass is 372 g/mol. The van der Waals surface area contributed by atoms with E-state index in [1.807, 2.05) is 6.92 Å². The number of aliphatic hydroxyl groups is 1. The summed E-state index contributed by atoms with van der Waals surface area (Å²) < 4.78 is 0. The van der Waals surface area contributed by atoms with Gasteiger partial charge in [-0.2, -0.15) is 0 Å². The highest BCUT2D eigenvalue weighted by Crippen LogP contribution is 2.45. The number of carbonyl (C=O) groups excluding carboxylic acids is 2. The summed E-state index contributed by atoms with van der Waals surface area (Å²) >= 11 is 0. The highest BCUT2D eigenvalue weighted by Gasteiger charge is 2.37. The van der Waals surface area contributed by atoms with Crippen molar-refractivity contribution in [2.24, 2.45) is 0 Å². The maximum absolute atomic E-state index is 12.8. The molecule has 142 valence electrons. The zero-order valence-electron chi connectivity index (χ0n) is 14.7. The number of aliphatic hydroxyl groups excluding tert-OH is 1. The predicted octanol–water partition coefficient (Wildman–Crippen LogP) is 2.90. The summed E-state index contributed by atoms with van der Waals surface area (Å²) in [6, 6.07) is 2.99. The van der Waals surface area contributed by atoms with Crippen LogP contribution in [0.15, 0.2) is 18.2 Å². The number of rotatable bonds is 5. The number of phenolic OH excluding ortho intramolecular Hbond substituents is 4. The standard InChI is InChI=1S/C20H20O7/c1-2-3-4-5-12(22)17-14(24)8-11-16(20(17)27)19(26)15-10(18(11)25)6-9(21)7-13(15)23/h6-8,12,21-24,27H,2-5H2,1H3/t12-/m1/s1. The Morgan fingerprint density at radius 1 is 0.852 bits per heavy atom. The fourth-order valence-corrected chi connectivity index (χ4v) is 3.44. The first-order chi connectivity index (χ1) is 12.8. The molecule has 0 amide bonds. The van der Waals surface area contributed by atoms with E-state index in [4.69, 9.17) is 0 Å². The van der Waals surface area contributed by atoms with Gasteiger partial charge in [-0.25, -0.2) is 0 Å². The molecule has 5 N–H and O–H groups in total. The molecule has 0 fully saturated rings. The molecule has 0 radical (unpaired) electrons. The second kappa shape index (κ2) is 6.92. The van der Waals surface area contributed by atoms with Crippen molar-refractivity contribution in [2.75, 3.05) is 0 Å². The Bertz CT molecular complexity index is 946. The fourth-order valence-electron chi connectivity index (χ4n) is 3.44. The van der Waals surface area contributed by atoms with Gasteiger partial charge in [-0.1, -0.05) is 26.2 Å². The number of hydrogen-bond acceptors (Lipinski definition) is 7. The SMILES string of the molecule is CCCCC[C@@H](O)c1c(O)cc2c(c1O)C(=O)c1c(O)cc(O)cc1C2=O. The quantitative estimate of drug-likeness (QED) is 0.435. The average molecular weight is 372 g/mol. The number of ketones is 2. The summed E-state index contributed by atoms with van der Waals surface area (Å²) in [4.78, 5) is 25.5. The second-order valence-electron chi connectivity index (χ2n) is 6.64. The fraction of sp³-hybridized carbons (Fsp3) is 0.300. The Kier molecular flexibility index (Phi) is 4.80. The molecule has 0 saturated carbocycles. The molecule has 7 heteroatoms. The van der Waals surface area contributed by atoms with Crippen LogP contribution in [0.25, 0.3) is 0 Å². The second-order valence-corrected chi connectivity index (χ2v) is 6.64. The highest BCUT2D eigenvalue weighted by atomic mass is 16.3. The van der Waals surface area contributed by atoms with Crippen LogP contribution in [-0.4, -0.2) is 37.1 Å². The Labute approximate surface area is 155 Å². The maximum atomic E-state index is 12.8. The van der Waals surface area contributed by atoms with Crippen molar-refractivity contribution >= 4 is 11.6 Å². The number of benzene rings is 2. The Balaban J connectivity index is 2.15. The van der Waals surface area contributed by atoms with E-state index in [0.717, 1.165) is 31.0 Å². The molecule has 0 unspecified atom stereocenters. The normalized spacial score (nSPS) is 14.0. The van der Waals surface area contributed by atoms with Crippen LogP contribution in [-0.2, 0) is 0 Å². The predicted molar refractivity (Wildman–Crippen MR) is 95.5 cm³/mol. The van der Waals surface area contributed by atoms with Crippen LogP contribution in [0, 0.1) is 0 Å². The highest BCUT2D eigenvalue weighted by molar-refractivity contribution is 6.30. The van der Waals surface area contributed by atoms with E-state index in [1.54, 1.807) is 0 Å². The van der Waals surface area contributed by atoms with Crippen molar-refractivity contribution < 1.29 is 35.1 Å². The Morgan fingerprint density at radius 3 is 2.19 bits per heavy atom. The van der Waals surface area contributed by atoms with Crippen LogP contribution in [0.2, 0.25) is 0 Å². The first-order valence-electron chi connectivity index (χ1n) is 8.70. The molecule has 1 atom stereocenters. The van der Waals surface area contributed by atoms with Crippen molar-refractivity contribution in [3.05, 3.63) is 46.0 Å². The lowest BCUT2D eigenvalue weighted by Gasteiger charge is -2.23. The molecule has 1 aliphatic carbocycles. The molecule has 7 nitrogen and oxygen atoms in total. The number of carbonyl (C=O) groups is 2. The molecule has 3 rings (SSSR count). The smallest absolute Gasteiger partial charge is 0.201 e. The van der Waals surface area contributed by atoms with Crippen molar-refractivity contribution in [3.63, 3.8) is 0 Å². The summed E-state index contributed by atoms with van der Waals surface area (Å²) in [5.41, 5.74) is -1.40. The van der Waals surface area contributed by atoms with Crippen LogP contribution in [0.3, 0.4) is 0 Å². The zero-order chi connectivity index (χ0) is 19.9. The van der Waals surface area contributed by atoms with Gasteiger partial charge in [-0.15, -0.1) is 0 Å². The third-order valence-electron chi connectivity index (χ3n) is 4.78. The van der Waals surface area contributed by atoms with Gasteiger partial charge in [0.05, 0.1) is 22.8 Å². The topological polar surface area (TPSA) is 135 Å². The number of hydrogen-bond donors (Lipinski definition) is 5. The molecule has 1 aliphatic rings. The van der Waals surface area contributed by atoms with Gasteiger partial charge in [0.1, 0.15) is 23.0 Å². The molecule has 27 heavy (non-hydrogen) atoms. The molecule has 2 aromatic rings. The minimum Gasteiger partial charge on any atom is -0.508 e. The first kappa shape index (κ1) is 18.7. The van der Waals surface area contributed by atoms with Gasteiger partial charge in [-0.3, -0.25) is 9.59 Å². The molecule has 0 saturated heterocycles. The maximum Gasteiger partial charge on any atom is 0.201 e. The molecule has 0 spiro atoms. The van der Waals surface area contributed by atoms with E-state index in [1.165, 1.54) is 0 Å². The molecular formula is C20H20O7. The third-order valence-corrected chi connectivity index (χ3v) is 4.78. The largest absolute Gasteiger partial charge is 0.508 e. The molecule has 0 heterocycles. The molecule has 0 aromatic heterocycles. The van der Waals surface area contributed by atoms with Crippen molar-refractivity contribution in [3.8, 4) is 23.0 Å². The minimum absolute atomic E-state index is 0.215. The third kappa shape index (κ3) is 3.00. The van der Waals surface area contributed by atoms with Gasteiger partial charge in [0, 0.05) is 17.2 Å². The van der Waals surface area contributed by atoms with Crippen LogP contribution >= 0.6 is 0 Å². The zero-order valence-corrected chi connectivity index (χ0v) is 14.7. The summed E-state index contributed by atoms with van der Waals surface area (Å²) in [7, 11) is 0. The summed E-state index contributed by atoms with van der Waals surface area (Å²) in [5, 5.41) is 50.8. The van der Waals surface area contributed by atoms with E-state index >= 15 is 0 Å². The van der Waals surface area contributed by atoms with Crippen LogP contribution in [0.4, 0.5) is 0 Å². The van der Waals surface area contributed by atoms with Crippen LogP contribution in [0.1, 0.15) is 76.1 Å². The van der Waals surface area contributed by atoms with E-state index < -0.39 is 40.7 Å². The van der Waals surface area contributed by atoms with Gasteiger partial charge in [-0.05, 0) is 18.6 Å². The number of unbranched alkanes of at least 4 members (excludes halogenated alkanes) is 2. The first-order valence-corrected chi connectivity index (χ1v) is 8.70. The molecule has 2 aromatic carbocycles. The van der Waals surface area contributed by atoms with E-state index in [-0.39, 0.29) is 34.2 Å². The lowest BCUT2D eigenvalue weighted by molar-refractivity contribution is 0.0971. The summed E-state index contributed by atoms with van der Waals surface area (Å²) in [6.45, 7) is 1.99. The van der Waals surface area contributed by atoms with Crippen molar-refractivity contribution in [1.29, 1.82) is 0 Å². The number of phenols is 4. The van der Waals surface area contributed by atoms with E-state index in [2.05, 4.69) is 0 Å². The van der Waals surface area contributed by atoms with Gasteiger partial charge in [0.25, 0.3) is 0 Å². The number of fused-ring (bicyclic) bond motifs is 2.